The number of carbonyl (C=O) groups excluding carboxylic acids is 1. The number of anilines is 1. The van der Waals surface area contributed by atoms with Gasteiger partial charge in [0.2, 0.25) is 0 Å². The number of aromatic nitrogens is 2. The topological polar surface area (TPSA) is 66.9 Å². The van der Waals surface area contributed by atoms with E-state index < -0.39 is 0 Å². The van der Waals surface area contributed by atoms with Crippen LogP contribution in [0.15, 0.2) is 30.3 Å². The molecule has 2 N–H and O–H groups in total. The van der Waals surface area contributed by atoms with Crippen molar-refractivity contribution in [1.82, 2.24) is 15.3 Å². The predicted molar refractivity (Wildman–Crippen MR) is 102 cm³/mol. The summed E-state index contributed by atoms with van der Waals surface area (Å²) in [6.45, 7) is 7.41. The van der Waals surface area contributed by atoms with Crippen molar-refractivity contribution in [2.45, 2.75) is 33.6 Å². The molecule has 134 valence electrons. The Morgan fingerprint density at radius 1 is 1.16 bits per heavy atom. The summed E-state index contributed by atoms with van der Waals surface area (Å²) in [6.07, 6.45) is 1.79. The molecule has 2 aromatic rings. The van der Waals surface area contributed by atoms with Crippen LogP contribution in [-0.2, 0) is 6.42 Å². The molecule has 0 aliphatic carbocycles. The highest BCUT2D eigenvalue weighted by Gasteiger charge is 2.10. The van der Waals surface area contributed by atoms with Gasteiger partial charge in [-0.2, -0.15) is 0 Å². The molecule has 0 radical (unpaired) electrons. The van der Waals surface area contributed by atoms with Crippen molar-refractivity contribution in [3.05, 3.63) is 52.4 Å². The number of hydrogen-bond donors (Lipinski definition) is 2. The van der Waals surface area contributed by atoms with E-state index in [1.54, 1.807) is 13.0 Å². The van der Waals surface area contributed by atoms with Gasteiger partial charge in [0.1, 0.15) is 17.3 Å². The lowest BCUT2D eigenvalue weighted by molar-refractivity contribution is 0.0946. The average molecular weight is 361 g/mol. The highest BCUT2D eigenvalue weighted by atomic mass is 35.5. The first-order valence-corrected chi connectivity index (χ1v) is 8.94. The Morgan fingerprint density at radius 3 is 2.56 bits per heavy atom. The smallest absolute Gasteiger partial charge is 0.270 e. The summed E-state index contributed by atoms with van der Waals surface area (Å²) in [5.74, 6) is 1.63. The summed E-state index contributed by atoms with van der Waals surface area (Å²) in [5, 5.41) is 6.89. The van der Waals surface area contributed by atoms with Gasteiger partial charge in [-0.15, -0.1) is 0 Å². The van der Waals surface area contributed by atoms with Gasteiger partial charge in [-0.05, 0) is 43.4 Å². The zero-order valence-corrected chi connectivity index (χ0v) is 15.7. The highest BCUT2D eigenvalue weighted by molar-refractivity contribution is 6.30. The molecule has 25 heavy (non-hydrogen) atoms. The van der Waals surface area contributed by atoms with Crippen LogP contribution in [-0.4, -0.2) is 29.0 Å². The Morgan fingerprint density at radius 2 is 1.88 bits per heavy atom. The van der Waals surface area contributed by atoms with Crippen molar-refractivity contribution in [2.75, 3.05) is 18.4 Å². The second-order valence-electron chi connectivity index (χ2n) is 6.43. The SMILES string of the molecule is Cc1nc(NCCc2ccc(Cl)cc2)cc(C(=O)NCCC(C)C)n1. The summed E-state index contributed by atoms with van der Waals surface area (Å²) >= 11 is 5.89. The fourth-order valence-corrected chi connectivity index (χ4v) is 2.45. The zero-order chi connectivity index (χ0) is 18.2. The molecule has 0 spiro atoms. The molecule has 1 aromatic carbocycles. The average Bonchev–Trinajstić information content (AvgIpc) is 2.56. The highest BCUT2D eigenvalue weighted by Crippen LogP contribution is 2.11. The van der Waals surface area contributed by atoms with Crippen LogP contribution in [0.3, 0.4) is 0 Å². The van der Waals surface area contributed by atoms with Gasteiger partial charge in [0.05, 0.1) is 0 Å². The largest absolute Gasteiger partial charge is 0.370 e. The number of hydrogen-bond acceptors (Lipinski definition) is 4. The number of amides is 1. The lowest BCUT2D eigenvalue weighted by Crippen LogP contribution is -2.26. The molecule has 0 aliphatic rings. The third kappa shape index (κ3) is 6.70. The first-order chi connectivity index (χ1) is 11.9. The molecule has 5 nitrogen and oxygen atoms in total. The number of benzene rings is 1. The molecule has 0 saturated carbocycles. The normalized spacial score (nSPS) is 10.8. The summed E-state index contributed by atoms with van der Waals surface area (Å²) in [6, 6.07) is 9.46. The summed E-state index contributed by atoms with van der Waals surface area (Å²) in [5.41, 5.74) is 1.58. The van der Waals surface area contributed by atoms with Gasteiger partial charge in [-0.3, -0.25) is 4.79 Å². The van der Waals surface area contributed by atoms with Gasteiger partial charge < -0.3 is 10.6 Å². The van der Waals surface area contributed by atoms with E-state index in [1.165, 1.54) is 5.56 Å². The molecule has 0 fully saturated rings. The minimum Gasteiger partial charge on any atom is -0.370 e. The third-order valence-corrected chi connectivity index (χ3v) is 3.96. The van der Waals surface area contributed by atoms with Crippen LogP contribution in [0.2, 0.25) is 5.02 Å². The fourth-order valence-electron chi connectivity index (χ4n) is 2.33. The van der Waals surface area contributed by atoms with Crippen molar-refractivity contribution >= 4 is 23.3 Å². The van der Waals surface area contributed by atoms with Gasteiger partial charge >= 0.3 is 0 Å². The lowest BCUT2D eigenvalue weighted by Gasteiger charge is -2.10. The van der Waals surface area contributed by atoms with Crippen LogP contribution in [0, 0.1) is 12.8 Å². The van der Waals surface area contributed by atoms with Gasteiger partial charge in [-0.1, -0.05) is 37.6 Å². The standard InChI is InChI=1S/C19H25ClN4O/c1-13(2)8-10-22-19(25)17-12-18(24-14(3)23-17)21-11-9-15-4-6-16(20)7-5-15/h4-7,12-13H,8-11H2,1-3H3,(H,22,25)(H,21,23,24). The number of nitrogens with one attached hydrogen (secondary N) is 2. The van der Waals surface area contributed by atoms with E-state index in [2.05, 4.69) is 34.4 Å². The van der Waals surface area contributed by atoms with Crippen LogP contribution < -0.4 is 10.6 Å². The van der Waals surface area contributed by atoms with Gasteiger partial charge in [0, 0.05) is 24.2 Å². The maximum atomic E-state index is 12.2. The minimum absolute atomic E-state index is 0.160. The summed E-state index contributed by atoms with van der Waals surface area (Å²) < 4.78 is 0. The lowest BCUT2D eigenvalue weighted by atomic mass is 10.1. The molecule has 0 atom stereocenters. The molecule has 2 rings (SSSR count). The monoisotopic (exact) mass is 360 g/mol. The zero-order valence-electron chi connectivity index (χ0n) is 15.0. The van der Waals surface area contributed by atoms with Crippen LogP contribution in [0.4, 0.5) is 5.82 Å². The number of rotatable bonds is 8. The van der Waals surface area contributed by atoms with Crippen LogP contribution in [0.25, 0.3) is 0 Å². The quantitative estimate of drug-likeness (QED) is 0.749. The van der Waals surface area contributed by atoms with Crippen molar-refractivity contribution in [2.24, 2.45) is 5.92 Å². The van der Waals surface area contributed by atoms with Crippen molar-refractivity contribution < 1.29 is 4.79 Å². The Bertz CT molecular complexity index is 701. The van der Waals surface area contributed by atoms with E-state index >= 15 is 0 Å². The van der Waals surface area contributed by atoms with E-state index in [0.29, 0.717) is 36.3 Å². The molecular weight excluding hydrogens is 336 g/mol. The summed E-state index contributed by atoms with van der Waals surface area (Å²) in [7, 11) is 0. The van der Waals surface area contributed by atoms with Gasteiger partial charge in [0.15, 0.2) is 0 Å². The second-order valence-corrected chi connectivity index (χ2v) is 6.86. The molecule has 1 heterocycles. The van der Waals surface area contributed by atoms with Crippen molar-refractivity contribution in [3.63, 3.8) is 0 Å². The van der Waals surface area contributed by atoms with Gasteiger partial charge in [0.25, 0.3) is 5.91 Å². The molecular formula is C19H25ClN4O. The molecule has 0 unspecified atom stereocenters. The van der Waals surface area contributed by atoms with E-state index in [-0.39, 0.29) is 5.91 Å². The van der Waals surface area contributed by atoms with Gasteiger partial charge in [-0.25, -0.2) is 9.97 Å². The van der Waals surface area contributed by atoms with E-state index in [1.807, 2.05) is 24.3 Å². The molecule has 0 bridgehead atoms. The van der Waals surface area contributed by atoms with E-state index in [4.69, 9.17) is 11.6 Å². The molecule has 0 aliphatic heterocycles. The Hall–Kier alpha value is -2.14. The number of carbonyl (C=O) groups is 1. The maximum absolute atomic E-state index is 12.2. The van der Waals surface area contributed by atoms with E-state index in [9.17, 15) is 4.79 Å². The molecule has 1 amide bonds. The predicted octanol–water partition coefficient (Wildman–Crippen LogP) is 3.87. The van der Waals surface area contributed by atoms with Crippen molar-refractivity contribution in [1.29, 1.82) is 0 Å². The third-order valence-electron chi connectivity index (χ3n) is 3.71. The van der Waals surface area contributed by atoms with E-state index in [0.717, 1.165) is 17.9 Å². The first kappa shape index (κ1) is 19.2. The number of aryl methyl sites for hydroxylation is 1. The Kier molecular flexibility index (Phi) is 7.19. The van der Waals surface area contributed by atoms with Crippen LogP contribution in [0.5, 0.6) is 0 Å². The van der Waals surface area contributed by atoms with Crippen LogP contribution >= 0.6 is 11.6 Å². The number of nitrogens with zero attached hydrogens (tertiary/aromatic N) is 2. The Labute approximate surface area is 154 Å². The Balaban J connectivity index is 1.91. The second kappa shape index (κ2) is 9.37. The maximum Gasteiger partial charge on any atom is 0.270 e. The number of halogens is 1. The molecule has 0 saturated heterocycles. The van der Waals surface area contributed by atoms with Crippen LogP contribution in [0.1, 0.15) is 42.1 Å². The molecule has 6 heteroatoms. The summed E-state index contributed by atoms with van der Waals surface area (Å²) in [4.78, 5) is 20.8. The van der Waals surface area contributed by atoms with Crippen molar-refractivity contribution in [3.8, 4) is 0 Å². The molecule has 1 aromatic heterocycles. The minimum atomic E-state index is -0.160. The fraction of sp³-hybridized carbons (Fsp3) is 0.421. The first-order valence-electron chi connectivity index (χ1n) is 8.56.